The number of hydrogen-bond donors (Lipinski definition) is 1. The molecule has 0 unspecified atom stereocenters. The fourth-order valence-corrected chi connectivity index (χ4v) is 2.78. The number of nitrogen functional groups attached to an aromatic ring is 1. The molecule has 0 aliphatic heterocycles. The van der Waals surface area contributed by atoms with E-state index < -0.39 is 4.92 Å². The molecule has 1 heterocycles. The van der Waals surface area contributed by atoms with Crippen molar-refractivity contribution < 1.29 is 4.92 Å². The van der Waals surface area contributed by atoms with Gasteiger partial charge in [0.25, 0.3) is 5.69 Å². The summed E-state index contributed by atoms with van der Waals surface area (Å²) in [5.41, 5.74) is 5.85. The normalized spacial score (nSPS) is 14.2. The molecule has 1 aromatic carbocycles. The third-order valence-electron chi connectivity index (χ3n) is 2.96. The highest BCUT2D eigenvalue weighted by Gasteiger charge is 2.27. The second-order valence-electron chi connectivity index (χ2n) is 4.59. The summed E-state index contributed by atoms with van der Waals surface area (Å²) in [6.07, 6.45) is 2.16. The summed E-state index contributed by atoms with van der Waals surface area (Å²) in [6, 6.07) is 8.24. The fourth-order valence-electron chi connectivity index (χ4n) is 1.84. The molecule has 0 radical (unpaired) electrons. The van der Waals surface area contributed by atoms with Crippen LogP contribution in [0.25, 0.3) is 0 Å². The Bertz CT molecular complexity index is 673. The molecule has 6 nitrogen and oxygen atoms in total. The number of hydrogen-bond acceptors (Lipinski definition) is 6. The first-order valence-corrected chi connectivity index (χ1v) is 7.01. The lowest BCUT2D eigenvalue weighted by Crippen LogP contribution is -1.99. The quantitative estimate of drug-likeness (QED) is 0.528. The van der Waals surface area contributed by atoms with Gasteiger partial charge in [-0.15, -0.1) is 0 Å². The number of nitro benzene ring substituents is 1. The van der Waals surface area contributed by atoms with E-state index in [-0.39, 0.29) is 5.69 Å². The summed E-state index contributed by atoms with van der Waals surface area (Å²) in [5.74, 6) is 1.54. The van der Waals surface area contributed by atoms with E-state index in [0.717, 1.165) is 18.7 Å². The summed E-state index contributed by atoms with van der Waals surface area (Å²) >= 11 is 1.24. The number of nitrogens with zero attached hydrogens (tertiary/aromatic N) is 3. The van der Waals surface area contributed by atoms with Gasteiger partial charge in [-0.1, -0.05) is 23.9 Å². The van der Waals surface area contributed by atoms with Crippen molar-refractivity contribution in [3.8, 4) is 0 Å². The zero-order valence-electron chi connectivity index (χ0n) is 10.5. The van der Waals surface area contributed by atoms with Crippen molar-refractivity contribution in [2.45, 2.75) is 28.7 Å². The molecule has 1 aliphatic carbocycles. The number of anilines is 1. The minimum absolute atomic E-state index is 0.0719. The van der Waals surface area contributed by atoms with Crippen molar-refractivity contribution in [1.82, 2.24) is 9.97 Å². The average molecular weight is 288 g/mol. The highest BCUT2D eigenvalue weighted by Crippen LogP contribution is 2.40. The lowest BCUT2D eigenvalue weighted by Gasteiger charge is -2.05. The summed E-state index contributed by atoms with van der Waals surface area (Å²) in [6.45, 7) is 0. The van der Waals surface area contributed by atoms with Crippen LogP contribution in [0.5, 0.6) is 0 Å². The van der Waals surface area contributed by atoms with E-state index in [9.17, 15) is 10.1 Å². The number of aromatic nitrogens is 2. The molecule has 1 fully saturated rings. The molecule has 1 aliphatic rings. The summed E-state index contributed by atoms with van der Waals surface area (Å²) in [4.78, 5) is 19.8. The molecule has 0 spiro atoms. The second kappa shape index (κ2) is 5.09. The first-order chi connectivity index (χ1) is 9.63. The van der Waals surface area contributed by atoms with Crippen molar-refractivity contribution in [1.29, 1.82) is 0 Å². The number of para-hydroxylation sites is 1. The highest BCUT2D eigenvalue weighted by molar-refractivity contribution is 7.99. The van der Waals surface area contributed by atoms with Crippen LogP contribution < -0.4 is 5.73 Å². The topological polar surface area (TPSA) is 94.9 Å². The summed E-state index contributed by atoms with van der Waals surface area (Å²) in [5, 5.41) is 11.6. The monoisotopic (exact) mass is 288 g/mol. The van der Waals surface area contributed by atoms with Crippen LogP contribution in [0.2, 0.25) is 0 Å². The molecular formula is C13H12N4O2S. The molecule has 20 heavy (non-hydrogen) atoms. The van der Waals surface area contributed by atoms with Gasteiger partial charge in [0.05, 0.1) is 9.82 Å². The minimum Gasteiger partial charge on any atom is -0.384 e. The largest absolute Gasteiger partial charge is 0.384 e. The van der Waals surface area contributed by atoms with Crippen LogP contribution in [0.15, 0.2) is 40.3 Å². The first-order valence-electron chi connectivity index (χ1n) is 6.19. The van der Waals surface area contributed by atoms with Crippen LogP contribution in [0.3, 0.4) is 0 Å². The molecular weight excluding hydrogens is 276 g/mol. The molecule has 2 aromatic rings. The van der Waals surface area contributed by atoms with Crippen molar-refractivity contribution in [3.63, 3.8) is 0 Å². The maximum absolute atomic E-state index is 11.0. The first kappa shape index (κ1) is 12.9. The van der Waals surface area contributed by atoms with Crippen LogP contribution in [-0.2, 0) is 0 Å². The van der Waals surface area contributed by atoms with Crippen LogP contribution in [0.1, 0.15) is 24.6 Å². The van der Waals surface area contributed by atoms with Crippen molar-refractivity contribution in [3.05, 3.63) is 46.3 Å². The smallest absolute Gasteiger partial charge is 0.283 e. The Labute approximate surface area is 119 Å². The lowest BCUT2D eigenvalue weighted by molar-refractivity contribution is -0.387. The summed E-state index contributed by atoms with van der Waals surface area (Å²) < 4.78 is 0. The van der Waals surface area contributed by atoms with Gasteiger partial charge < -0.3 is 5.73 Å². The number of benzene rings is 1. The predicted octanol–water partition coefficient (Wildman–Crippen LogP) is 3.00. The van der Waals surface area contributed by atoms with E-state index in [1.165, 1.54) is 17.8 Å². The number of nitrogens with two attached hydrogens (primary N) is 1. The average Bonchev–Trinajstić information content (AvgIpc) is 3.22. The van der Waals surface area contributed by atoms with Gasteiger partial charge in [-0.25, -0.2) is 9.97 Å². The van der Waals surface area contributed by atoms with Crippen LogP contribution in [0.4, 0.5) is 11.5 Å². The van der Waals surface area contributed by atoms with Gasteiger partial charge in [0.1, 0.15) is 16.7 Å². The Hall–Kier alpha value is -2.15. The third-order valence-corrected chi connectivity index (χ3v) is 3.94. The van der Waals surface area contributed by atoms with Crippen molar-refractivity contribution >= 4 is 23.3 Å². The van der Waals surface area contributed by atoms with Crippen molar-refractivity contribution in [2.24, 2.45) is 0 Å². The molecule has 1 aromatic heterocycles. The summed E-state index contributed by atoms with van der Waals surface area (Å²) in [7, 11) is 0. The Morgan fingerprint density at radius 1 is 1.30 bits per heavy atom. The number of nitro groups is 1. The molecule has 0 atom stereocenters. The van der Waals surface area contributed by atoms with E-state index >= 15 is 0 Å². The fraction of sp³-hybridized carbons (Fsp3) is 0.231. The molecule has 2 N–H and O–H groups in total. The Morgan fingerprint density at radius 2 is 2.05 bits per heavy atom. The Morgan fingerprint density at radius 3 is 2.75 bits per heavy atom. The SMILES string of the molecule is Nc1cc(Sc2ccccc2[N+](=O)[O-])nc(C2CC2)n1. The van der Waals surface area contributed by atoms with Crippen molar-refractivity contribution in [2.75, 3.05) is 5.73 Å². The molecule has 1 saturated carbocycles. The van der Waals surface area contributed by atoms with Gasteiger partial charge >= 0.3 is 0 Å². The van der Waals surface area contributed by atoms with E-state index in [4.69, 9.17) is 5.73 Å². The van der Waals surface area contributed by atoms with Gasteiger partial charge in [-0.05, 0) is 18.9 Å². The molecule has 102 valence electrons. The van der Waals surface area contributed by atoms with Gasteiger partial charge in [-0.2, -0.15) is 0 Å². The minimum atomic E-state index is -0.394. The maximum atomic E-state index is 11.0. The van der Waals surface area contributed by atoms with E-state index in [2.05, 4.69) is 9.97 Å². The van der Waals surface area contributed by atoms with E-state index in [1.807, 2.05) is 0 Å². The lowest BCUT2D eigenvalue weighted by atomic mass is 10.3. The highest BCUT2D eigenvalue weighted by atomic mass is 32.2. The third kappa shape index (κ3) is 2.72. The second-order valence-corrected chi connectivity index (χ2v) is 5.65. The van der Waals surface area contributed by atoms with Gasteiger partial charge in [0.15, 0.2) is 0 Å². The zero-order valence-corrected chi connectivity index (χ0v) is 11.3. The number of rotatable bonds is 4. The van der Waals surface area contributed by atoms with Gasteiger partial charge in [-0.3, -0.25) is 10.1 Å². The predicted molar refractivity (Wildman–Crippen MR) is 75.6 cm³/mol. The molecule has 0 saturated heterocycles. The standard InChI is InChI=1S/C13H12N4O2S/c14-11-7-12(16-13(15-11)8-5-6-8)20-10-4-2-1-3-9(10)17(18)19/h1-4,7-8H,5-6H2,(H2,14,15,16). The molecule has 0 amide bonds. The van der Waals surface area contributed by atoms with Gasteiger partial charge in [0.2, 0.25) is 0 Å². The zero-order chi connectivity index (χ0) is 14.1. The Kier molecular flexibility index (Phi) is 3.27. The van der Waals surface area contributed by atoms with Gasteiger partial charge in [0, 0.05) is 18.1 Å². The maximum Gasteiger partial charge on any atom is 0.283 e. The Balaban J connectivity index is 1.93. The molecule has 3 rings (SSSR count). The van der Waals surface area contributed by atoms with Crippen LogP contribution in [-0.4, -0.2) is 14.9 Å². The van der Waals surface area contributed by atoms with E-state index in [0.29, 0.717) is 21.7 Å². The molecule has 0 bridgehead atoms. The van der Waals surface area contributed by atoms with Crippen LogP contribution in [0, 0.1) is 10.1 Å². The van der Waals surface area contributed by atoms with E-state index in [1.54, 1.807) is 24.3 Å². The molecule has 7 heteroatoms. The van der Waals surface area contributed by atoms with Crippen LogP contribution >= 0.6 is 11.8 Å².